The normalized spacial score (nSPS) is 14.1. The molecule has 0 atom stereocenters. The van der Waals surface area contributed by atoms with Gasteiger partial charge in [-0.15, -0.1) is 0 Å². The minimum atomic E-state index is -0.582. The van der Waals surface area contributed by atoms with Gasteiger partial charge in [-0.25, -0.2) is 14.3 Å². The molecule has 1 aliphatic heterocycles. The second-order valence-electron chi connectivity index (χ2n) is 10.7. The first-order valence-corrected chi connectivity index (χ1v) is 13.8. The van der Waals surface area contributed by atoms with Crippen molar-refractivity contribution in [2.75, 3.05) is 25.0 Å². The van der Waals surface area contributed by atoms with Crippen molar-refractivity contribution in [2.24, 2.45) is 0 Å². The molecule has 3 aromatic rings. The van der Waals surface area contributed by atoms with Crippen molar-refractivity contribution in [3.05, 3.63) is 76.1 Å². The van der Waals surface area contributed by atoms with Gasteiger partial charge in [-0.05, 0) is 77.3 Å². The second-order valence-corrected chi connectivity index (χ2v) is 11.1. The van der Waals surface area contributed by atoms with E-state index in [1.165, 1.54) is 6.20 Å². The van der Waals surface area contributed by atoms with E-state index >= 15 is 0 Å². The lowest BCUT2D eigenvalue weighted by atomic mass is 9.90. The molecule has 0 aliphatic carbocycles. The number of anilines is 1. The number of esters is 1. The van der Waals surface area contributed by atoms with Crippen molar-refractivity contribution in [3.63, 3.8) is 0 Å². The molecular weight excluding hydrogens is 532 g/mol. The van der Waals surface area contributed by atoms with E-state index < -0.39 is 17.5 Å². The minimum absolute atomic E-state index is 0.0689. The number of piperidine rings is 1. The zero-order chi connectivity index (χ0) is 29.0. The van der Waals surface area contributed by atoms with Crippen LogP contribution in [0.3, 0.4) is 0 Å². The summed E-state index contributed by atoms with van der Waals surface area (Å²) in [5.74, 6) is -0.980. The Morgan fingerprint density at radius 3 is 2.42 bits per heavy atom. The summed E-state index contributed by atoms with van der Waals surface area (Å²) >= 11 is 6.44. The van der Waals surface area contributed by atoms with Gasteiger partial charge in [0.05, 0.1) is 41.0 Å². The van der Waals surface area contributed by atoms with E-state index in [1.807, 2.05) is 45.9 Å². The Morgan fingerprint density at radius 2 is 1.75 bits per heavy atom. The summed E-state index contributed by atoms with van der Waals surface area (Å²) in [5.41, 5.74) is 2.74. The van der Waals surface area contributed by atoms with Gasteiger partial charge in [-0.2, -0.15) is 5.10 Å². The third kappa shape index (κ3) is 6.47. The van der Waals surface area contributed by atoms with E-state index in [9.17, 15) is 14.4 Å². The Kier molecular flexibility index (Phi) is 8.83. The van der Waals surface area contributed by atoms with E-state index in [0.29, 0.717) is 42.2 Å². The molecule has 2 heterocycles. The second kappa shape index (κ2) is 12.1. The standard InChI is InChI=1S/C30H35ClN4O5/c1-6-39-28(37)21-10-7-8-12-24(21)33-27(36)22-18-32-35(25-13-9-11-23(31)19(25)2)26(22)20-14-16-34(17-15-20)29(38)40-30(3,4)5/h7-13,18,20H,6,14-17H2,1-5H3,(H,33,36). The van der Waals surface area contributed by atoms with Crippen LogP contribution in [-0.2, 0) is 9.47 Å². The van der Waals surface area contributed by atoms with Crippen molar-refractivity contribution in [1.29, 1.82) is 0 Å². The van der Waals surface area contributed by atoms with Crippen LogP contribution in [0, 0.1) is 6.92 Å². The first kappa shape index (κ1) is 29.1. The summed E-state index contributed by atoms with van der Waals surface area (Å²) in [6.45, 7) is 10.3. The number of ether oxygens (including phenoxy) is 2. The average molecular weight is 567 g/mol. The molecule has 40 heavy (non-hydrogen) atoms. The molecule has 0 unspecified atom stereocenters. The molecule has 0 radical (unpaired) electrons. The highest BCUT2D eigenvalue weighted by Crippen LogP contribution is 2.35. The van der Waals surface area contributed by atoms with Gasteiger partial charge < -0.3 is 19.7 Å². The van der Waals surface area contributed by atoms with Gasteiger partial charge in [0.15, 0.2) is 0 Å². The van der Waals surface area contributed by atoms with Crippen LogP contribution >= 0.6 is 11.6 Å². The molecular formula is C30H35ClN4O5. The van der Waals surface area contributed by atoms with Crippen molar-refractivity contribution in [2.45, 2.75) is 59.0 Å². The Balaban J connectivity index is 1.67. The van der Waals surface area contributed by atoms with E-state index in [2.05, 4.69) is 10.4 Å². The molecule has 1 fully saturated rings. The van der Waals surface area contributed by atoms with E-state index in [0.717, 1.165) is 16.9 Å². The molecule has 0 bridgehead atoms. The summed E-state index contributed by atoms with van der Waals surface area (Å²) in [6.07, 6.45) is 2.42. The van der Waals surface area contributed by atoms with Crippen LogP contribution in [0.1, 0.15) is 78.4 Å². The summed E-state index contributed by atoms with van der Waals surface area (Å²) < 4.78 is 12.5. The molecule has 0 spiro atoms. The Bertz CT molecular complexity index is 1400. The highest BCUT2D eigenvalue weighted by Gasteiger charge is 2.32. The molecule has 2 aromatic carbocycles. The molecule has 0 saturated carbocycles. The van der Waals surface area contributed by atoms with Gasteiger partial charge in [-0.1, -0.05) is 29.8 Å². The van der Waals surface area contributed by atoms with Crippen LogP contribution in [0.5, 0.6) is 0 Å². The molecule has 10 heteroatoms. The van der Waals surface area contributed by atoms with Crippen molar-refractivity contribution in [1.82, 2.24) is 14.7 Å². The molecule has 212 valence electrons. The fourth-order valence-corrected chi connectivity index (χ4v) is 4.94. The number of halogens is 1. The smallest absolute Gasteiger partial charge is 0.410 e. The van der Waals surface area contributed by atoms with E-state index in [-0.39, 0.29) is 24.2 Å². The third-order valence-electron chi connectivity index (χ3n) is 6.72. The molecule has 1 aromatic heterocycles. The number of nitrogens with zero attached hydrogens (tertiary/aromatic N) is 3. The van der Waals surface area contributed by atoms with Crippen LogP contribution in [0.25, 0.3) is 5.69 Å². The first-order valence-electron chi connectivity index (χ1n) is 13.4. The van der Waals surface area contributed by atoms with Crippen molar-refractivity contribution < 1.29 is 23.9 Å². The molecule has 2 amide bonds. The van der Waals surface area contributed by atoms with Crippen molar-refractivity contribution in [3.8, 4) is 5.69 Å². The summed E-state index contributed by atoms with van der Waals surface area (Å²) in [6, 6.07) is 12.3. The van der Waals surface area contributed by atoms with Crippen LogP contribution in [0.2, 0.25) is 5.02 Å². The van der Waals surface area contributed by atoms with Gasteiger partial charge in [0.2, 0.25) is 0 Å². The number of hydrogen-bond acceptors (Lipinski definition) is 6. The maximum atomic E-state index is 13.7. The number of carbonyl (C=O) groups is 3. The van der Waals surface area contributed by atoms with Crippen LogP contribution in [-0.4, -0.2) is 57.9 Å². The Hall–Kier alpha value is -3.85. The lowest BCUT2D eigenvalue weighted by molar-refractivity contribution is 0.0203. The maximum absolute atomic E-state index is 13.7. The average Bonchev–Trinajstić information content (AvgIpc) is 3.35. The lowest BCUT2D eigenvalue weighted by Gasteiger charge is -2.34. The Labute approximate surface area is 239 Å². The first-order chi connectivity index (χ1) is 19.0. The number of likely N-dealkylation sites (tertiary alicyclic amines) is 1. The van der Waals surface area contributed by atoms with Crippen LogP contribution in [0.4, 0.5) is 10.5 Å². The highest BCUT2D eigenvalue weighted by atomic mass is 35.5. The zero-order valence-corrected chi connectivity index (χ0v) is 24.2. The number of nitrogens with one attached hydrogen (secondary N) is 1. The van der Waals surface area contributed by atoms with Crippen molar-refractivity contribution >= 4 is 35.3 Å². The van der Waals surface area contributed by atoms with Crippen LogP contribution < -0.4 is 5.32 Å². The van der Waals surface area contributed by atoms with E-state index in [1.54, 1.807) is 40.8 Å². The summed E-state index contributed by atoms with van der Waals surface area (Å²) in [5, 5.41) is 8.09. The number of para-hydroxylation sites is 1. The minimum Gasteiger partial charge on any atom is -0.462 e. The van der Waals surface area contributed by atoms with Gasteiger partial charge in [0.25, 0.3) is 5.91 Å². The Morgan fingerprint density at radius 1 is 1.05 bits per heavy atom. The largest absolute Gasteiger partial charge is 0.462 e. The van der Waals surface area contributed by atoms with E-state index in [4.69, 9.17) is 21.1 Å². The molecule has 1 N–H and O–H groups in total. The van der Waals surface area contributed by atoms with Gasteiger partial charge in [0.1, 0.15) is 5.60 Å². The lowest BCUT2D eigenvalue weighted by Crippen LogP contribution is -2.41. The fraction of sp³-hybridized carbons (Fsp3) is 0.400. The fourth-order valence-electron chi connectivity index (χ4n) is 4.77. The molecule has 9 nitrogen and oxygen atoms in total. The SMILES string of the molecule is CCOC(=O)c1ccccc1NC(=O)c1cnn(-c2cccc(Cl)c2C)c1C1CCN(C(=O)OC(C)(C)C)CC1. The van der Waals surface area contributed by atoms with Gasteiger partial charge in [-0.3, -0.25) is 4.79 Å². The predicted molar refractivity (Wildman–Crippen MR) is 153 cm³/mol. The molecule has 4 rings (SSSR count). The topological polar surface area (TPSA) is 103 Å². The third-order valence-corrected chi connectivity index (χ3v) is 7.13. The number of amides is 2. The highest BCUT2D eigenvalue weighted by molar-refractivity contribution is 6.31. The molecule has 1 aliphatic rings. The molecule has 1 saturated heterocycles. The number of benzene rings is 2. The zero-order valence-electron chi connectivity index (χ0n) is 23.5. The number of carbonyl (C=O) groups excluding carboxylic acids is 3. The monoisotopic (exact) mass is 566 g/mol. The quantitative estimate of drug-likeness (QED) is 0.347. The van der Waals surface area contributed by atoms with Gasteiger partial charge in [0, 0.05) is 24.0 Å². The summed E-state index contributed by atoms with van der Waals surface area (Å²) in [7, 11) is 0. The number of aromatic nitrogens is 2. The maximum Gasteiger partial charge on any atom is 0.410 e. The van der Waals surface area contributed by atoms with Gasteiger partial charge >= 0.3 is 12.1 Å². The number of rotatable bonds is 6. The predicted octanol–water partition coefficient (Wildman–Crippen LogP) is 6.38. The number of hydrogen-bond donors (Lipinski definition) is 1. The van der Waals surface area contributed by atoms with Crippen LogP contribution in [0.15, 0.2) is 48.7 Å². The summed E-state index contributed by atoms with van der Waals surface area (Å²) in [4.78, 5) is 40.5.